The highest BCUT2D eigenvalue weighted by Crippen LogP contribution is 2.38. The van der Waals surface area contributed by atoms with Gasteiger partial charge in [0.05, 0.1) is 18.7 Å². The Morgan fingerprint density at radius 2 is 1.83 bits per heavy atom. The van der Waals surface area contributed by atoms with Crippen molar-refractivity contribution in [1.82, 2.24) is 0 Å². The minimum absolute atomic E-state index is 0.0156. The van der Waals surface area contributed by atoms with Gasteiger partial charge < -0.3 is 20.1 Å². The van der Waals surface area contributed by atoms with Gasteiger partial charge in [0.25, 0.3) is 0 Å². The van der Waals surface area contributed by atoms with E-state index in [2.05, 4.69) is 0 Å². The summed E-state index contributed by atoms with van der Waals surface area (Å²) in [4.78, 5) is 25.5. The SMILES string of the molecule is NC(=O)C[C@H]1CN(c2cc(F)c(N3CC4OC4C3)c(F)c2)C(=O)O1. The van der Waals surface area contributed by atoms with E-state index in [-0.39, 0.29) is 36.5 Å². The zero-order valence-corrected chi connectivity index (χ0v) is 12.6. The van der Waals surface area contributed by atoms with E-state index in [1.807, 2.05) is 0 Å². The Labute approximate surface area is 135 Å². The van der Waals surface area contributed by atoms with E-state index in [1.54, 1.807) is 4.90 Å². The molecule has 0 aliphatic carbocycles. The zero-order chi connectivity index (χ0) is 17.0. The van der Waals surface area contributed by atoms with Gasteiger partial charge in [-0.15, -0.1) is 0 Å². The van der Waals surface area contributed by atoms with Gasteiger partial charge in [-0.05, 0) is 0 Å². The number of halogens is 2. The largest absolute Gasteiger partial charge is 0.443 e. The Hall–Kier alpha value is -2.42. The summed E-state index contributed by atoms with van der Waals surface area (Å²) in [6, 6.07) is 2.19. The Bertz CT molecular complexity index is 696. The van der Waals surface area contributed by atoms with E-state index >= 15 is 0 Å². The number of hydrogen-bond donors (Lipinski definition) is 1. The van der Waals surface area contributed by atoms with E-state index in [0.717, 1.165) is 17.0 Å². The lowest BCUT2D eigenvalue weighted by Gasteiger charge is -2.22. The summed E-state index contributed by atoms with van der Waals surface area (Å²) >= 11 is 0. The summed E-state index contributed by atoms with van der Waals surface area (Å²) in [5, 5.41) is 0. The summed E-state index contributed by atoms with van der Waals surface area (Å²) in [5.74, 6) is -2.12. The summed E-state index contributed by atoms with van der Waals surface area (Å²) < 4.78 is 39.1. The molecule has 3 atom stereocenters. The van der Waals surface area contributed by atoms with Crippen LogP contribution in [0.3, 0.4) is 0 Å². The van der Waals surface area contributed by atoms with Gasteiger partial charge in [-0.1, -0.05) is 0 Å². The minimum Gasteiger partial charge on any atom is -0.443 e. The third kappa shape index (κ3) is 2.54. The van der Waals surface area contributed by atoms with Crippen LogP contribution < -0.4 is 15.5 Å². The average molecular weight is 339 g/mol. The van der Waals surface area contributed by atoms with Crippen molar-refractivity contribution in [2.45, 2.75) is 24.7 Å². The standard InChI is InChI=1S/C15H15F2N3O4/c16-9-1-7(20-4-8(3-13(18)21)23-15(20)22)2-10(17)14(9)19-5-11-12(6-19)24-11/h1-2,8,11-12H,3-6H2,(H2,18,21)/t8-,11?,12?/m0/s1. The predicted octanol–water partition coefficient (Wildman–Crippen LogP) is 0.753. The molecule has 0 saturated carbocycles. The van der Waals surface area contributed by atoms with Crippen LogP contribution in [0.2, 0.25) is 0 Å². The molecule has 0 bridgehead atoms. The van der Waals surface area contributed by atoms with Crippen molar-refractivity contribution in [3.05, 3.63) is 23.8 Å². The van der Waals surface area contributed by atoms with Crippen LogP contribution in [0.5, 0.6) is 0 Å². The number of fused-ring (bicyclic) bond motifs is 1. The van der Waals surface area contributed by atoms with Gasteiger partial charge in [-0.3, -0.25) is 9.69 Å². The van der Waals surface area contributed by atoms with Gasteiger partial charge in [0, 0.05) is 25.2 Å². The Balaban J connectivity index is 1.56. The number of benzene rings is 1. The molecule has 1 aromatic carbocycles. The van der Waals surface area contributed by atoms with Crippen LogP contribution in [-0.2, 0) is 14.3 Å². The Kier molecular flexibility index (Phi) is 3.34. The first-order valence-electron chi connectivity index (χ1n) is 7.58. The van der Waals surface area contributed by atoms with Crippen molar-refractivity contribution in [1.29, 1.82) is 0 Å². The molecule has 3 aliphatic rings. The number of hydrogen-bond acceptors (Lipinski definition) is 5. The van der Waals surface area contributed by atoms with E-state index in [9.17, 15) is 18.4 Å². The molecule has 0 spiro atoms. The first-order chi connectivity index (χ1) is 11.4. The maximum Gasteiger partial charge on any atom is 0.414 e. The van der Waals surface area contributed by atoms with Crippen molar-refractivity contribution in [3.8, 4) is 0 Å². The summed E-state index contributed by atoms with van der Waals surface area (Å²) in [5.41, 5.74) is 5.00. The molecule has 24 heavy (non-hydrogen) atoms. The Morgan fingerprint density at radius 3 is 2.42 bits per heavy atom. The van der Waals surface area contributed by atoms with Crippen molar-refractivity contribution in [2.75, 3.05) is 29.4 Å². The second-order valence-electron chi connectivity index (χ2n) is 6.16. The quantitative estimate of drug-likeness (QED) is 0.818. The highest BCUT2D eigenvalue weighted by atomic mass is 19.1. The number of rotatable bonds is 4. The Morgan fingerprint density at radius 1 is 1.21 bits per heavy atom. The molecule has 1 aromatic rings. The molecule has 2 amide bonds. The first-order valence-corrected chi connectivity index (χ1v) is 7.58. The smallest absolute Gasteiger partial charge is 0.414 e. The number of carbonyl (C=O) groups is 2. The molecular formula is C15H15F2N3O4. The second kappa shape index (κ2) is 5.30. The second-order valence-corrected chi connectivity index (χ2v) is 6.16. The van der Waals surface area contributed by atoms with Crippen LogP contribution in [0, 0.1) is 11.6 Å². The monoisotopic (exact) mass is 339 g/mol. The van der Waals surface area contributed by atoms with Crippen molar-refractivity contribution in [3.63, 3.8) is 0 Å². The third-order valence-electron chi connectivity index (χ3n) is 4.42. The van der Waals surface area contributed by atoms with Gasteiger partial charge in [0.15, 0.2) is 11.6 Å². The lowest BCUT2D eigenvalue weighted by molar-refractivity contribution is -0.119. The molecule has 0 aromatic heterocycles. The van der Waals surface area contributed by atoms with Gasteiger partial charge >= 0.3 is 6.09 Å². The summed E-state index contributed by atoms with van der Waals surface area (Å²) in [7, 11) is 0. The van der Waals surface area contributed by atoms with E-state index < -0.39 is 29.7 Å². The van der Waals surface area contributed by atoms with Gasteiger partial charge in [-0.25, -0.2) is 13.6 Å². The van der Waals surface area contributed by atoms with Crippen molar-refractivity contribution < 1.29 is 27.8 Å². The molecule has 4 rings (SSSR count). The molecule has 9 heteroatoms. The number of nitrogens with two attached hydrogens (primary N) is 1. The maximum atomic E-state index is 14.4. The molecule has 2 N–H and O–H groups in total. The summed E-state index contributed by atoms with van der Waals surface area (Å²) in [6.07, 6.45) is -1.52. The summed E-state index contributed by atoms with van der Waals surface area (Å²) in [6.45, 7) is 0.913. The fraction of sp³-hybridized carbons (Fsp3) is 0.467. The number of primary amides is 1. The number of ether oxygens (including phenoxy) is 2. The molecule has 128 valence electrons. The highest BCUT2D eigenvalue weighted by molar-refractivity contribution is 5.90. The fourth-order valence-corrected chi connectivity index (χ4v) is 3.27. The average Bonchev–Trinajstić information content (AvgIpc) is 2.92. The molecular weight excluding hydrogens is 324 g/mol. The number of epoxide rings is 1. The molecule has 7 nitrogen and oxygen atoms in total. The molecule has 2 unspecified atom stereocenters. The van der Waals surface area contributed by atoms with Crippen LogP contribution >= 0.6 is 0 Å². The molecule has 3 fully saturated rings. The van der Waals surface area contributed by atoms with Crippen LogP contribution in [-0.4, -0.2) is 49.9 Å². The number of morpholine rings is 1. The number of carbonyl (C=O) groups excluding carboxylic acids is 2. The normalized spacial score (nSPS) is 28.1. The predicted molar refractivity (Wildman–Crippen MR) is 78.7 cm³/mol. The molecule has 3 aliphatic heterocycles. The third-order valence-corrected chi connectivity index (χ3v) is 4.42. The van der Waals surface area contributed by atoms with E-state index in [4.69, 9.17) is 15.2 Å². The van der Waals surface area contributed by atoms with Gasteiger partial charge in [0.1, 0.15) is 24.0 Å². The zero-order valence-electron chi connectivity index (χ0n) is 12.6. The number of nitrogens with zero attached hydrogens (tertiary/aromatic N) is 2. The van der Waals surface area contributed by atoms with Crippen molar-refractivity contribution in [2.24, 2.45) is 5.73 Å². The van der Waals surface area contributed by atoms with Crippen LogP contribution in [0.1, 0.15) is 6.42 Å². The minimum atomic E-state index is -0.761. The maximum absolute atomic E-state index is 14.4. The molecule has 0 radical (unpaired) electrons. The van der Waals surface area contributed by atoms with Crippen LogP contribution in [0.4, 0.5) is 25.0 Å². The fourth-order valence-electron chi connectivity index (χ4n) is 3.27. The lowest BCUT2D eigenvalue weighted by Crippen LogP contribution is -2.28. The molecule has 3 heterocycles. The van der Waals surface area contributed by atoms with Crippen LogP contribution in [0.15, 0.2) is 12.1 Å². The van der Waals surface area contributed by atoms with Crippen LogP contribution in [0.25, 0.3) is 0 Å². The van der Waals surface area contributed by atoms with E-state index in [1.165, 1.54) is 0 Å². The van der Waals surface area contributed by atoms with Gasteiger partial charge in [-0.2, -0.15) is 0 Å². The number of anilines is 2. The van der Waals surface area contributed by atoms with Crippen molar-refractivity contribution >= 4 is 23.4 Å². The van der Waals surface area contributed by atoms with Gasteiger partial charge in [0.2, 0.25) is 5.91 Å². The highest BCUT2D eigenvalue weighted by Gasteiger charge is 2.48. The topological polar surface area (TPSA) is 88.4 Å². The number of cyclic esters (lactones) is 1. The molecule has 3 saturated heterocycles. The first kappa shape index (κ1) is 15.1. The van der Waals surface area contributed by atoms with E-state index in [0.29, 0.717) is 13.1 Å². The number of amides is 2. The lowest BCUT2D eigenvalue weighted by atomic mass is 10.2.